The van der Waals surface area contributed by atoms with Crippen LogP contribution in [0, 0.1) is 0 Å². The maximum atomic E-state index is 13.6. The molecule has 1 N–H and O–H groups in total. The van der Waals surface area contributed by atoms with Gasteiger partial charge in [0.05, 0.1) is 23.1 Å². The van der Waals surface area contributed by atoms with Crippen LogP contribution < -0.4 is 15.8 Å². The van der Waals surface area contributed by atoms with Crippen molar-refractivity contribution in [2.45, 2.75) is 25.8 Å². The Labute approximate surface area is 190 Å². The summed E-state index contributed by atoms with van der Waals surface area (Å²) in [5.41, 5.74) is 1.73. The number of nitrogens with one attached hydrogen (secondary N) is 1. The molecule has 0 atom stereocenters. The van der Waals surface area contributed by atoms with Gasteiger partial charge in [-0.15, -0.1) is 11.3 Å². The summed E-state index contributed by atoms with van der Waals surface area (Å²) >= 11 is 1.61. The molecule has 5 rings (SSSR count). The Hall–Kier alpha value is -3.45. The molecule has 3 heterocycles. The average molecular weight is 445 g/mol. The molecule has 0 saturated carbocycles. The summed E-state index contributed by atoms with van der Waals surface area (Å²) in [7, 11) is 0. The Bertz CT molecular complexity index is 1290. The van der Waals surface area contributed by atoms with Crippen molar-refractivity contribution in [3.05, 3.63) is 86.8 Å². The van der Waals surface area contributed by atoms with Crippen LogP contribution in [0.2, 0.25) is 0 Å². The van der Waals surface area contributed by atoms with Crippen molar-refractivity contribution < 1.29 is 4.79 Å². The summed E-state index contributed by atoms with van der Waals surface area (Å²) in [6.07, 6.45) is 3.34. The van der Waals surface area contributed by atoms with E-state index >= 15 is 0 Å². The van der Waals surface area contributed by atoms with Crippen LogP contribution in [0.25, 0.3) is 16.6 Å². The van der Waals surface area contributed by atoms with Gasteiger partial charge in [0.2, 0.25) is 5.95 Å². The van der Waals surface area contributed by atoms with Crippen molar-refractivity contribution in [3.8, 4) is 5.69 Å². The maximum absolute atomic E-state index is 13.6. The van der Waals surface area contributed by atoms with Crippen molar-refractivity contribution >= 4 is 34.1 Å². The van der Waals surface area contributed by atoms with Crippen LogP contribution in [0.15, 0.2) is 70.8 Å². The highest BCUT2D eigenvalue weighted by Gasteiger charge is 2.21. The number of thiophene rings is 1. The number of piperidine rings is 1. The third-order valence-electron chi connectivity index (χ3n) is 5.77. The Morgan fingerprint density at radius 3 is 2.56 bits per heavy atom. The van der Waals surface area contributed by atoms with Crippen LogP contribution in [-0.2, 0) is 6.54 Å². The number of fused-ring (bicyclic) bond motifs is 1. The molecule has 0 aliphatic carbocycles. The Balaban J connectivity index is 1.57. The number of rotatable bonds is 5. The van der Waals surface area contributed by atoms with E-state index in [0.717, 1.165) is 36.5 Å². The van der Waals surface area contributed by atoms with Crippen LogP contribution in [0.4, 0.5) is 5.95 Å². The van der Waals surface area contributed by atoms with Crippen LogP contribution in [0.1, 0.15) is 34.5 Å². The van der Waals surface area contributed by atoms with Crippen molar-refractivity contribution in [2.24, 2.45) is 0 Å². The van der Waals surface area contributed by atoms with Crippen molar-refractivity contribution in [3.63, 3.8) is 0 Å². The molecule has 0 unspecified atom stereocenters. The molecule has 4 aromatic rings. The van der Waals surface area contributed by atoms with Crippen LogP contribution >= 0.6 is 11.3 Å². The number of carbonyl (C=O) groups excluding carboxylic acids is 1. The zero-order chi connectivity index (χ0) is 21.9. The van der Waals surface area contributed by atoms with Gasteiger partial charge in [0.25, 0.3) is 11.5 Å². The van der Waals surface area contributed by atoms with E-state index in [1.165, 1.54) is 6.42 Å². The first-order chi connectivity index (χ1) is 15.7. The van der Waals surface area contributed by atoms with Gasteiger partial charge in [-0.25, -0.2) is 9.55 Å². The van der Waals surface area contributed by atoms with Gasteiger partial charge in [-0.2, -0.15) is 0 Å². The molecule has 6 nitrogen and oxygen atoms in total. The second-order valence-electron chi connectivity index (χ2n) is 7.93. The number of aromatic nitrogens is 2. The molecular weight excluding hydrogens is 420 g/mol. The van der Waals surface area contributed by atoms with E-state index in [4.69, 9.17) is 4.98 Å². The molecule has 7 heteroatoms. The molecule has 0 spiro atoms. The van der Waals surface area contributed by atoms with Gasteiger partial charge in [-0.05, 0) is 61.0 Å². The minimum absolute atomic E-state index is 0.118. The van der Waals surface area contributed by atoms with Gasteiger partial charge in [0.1, 0.15) is 0 Å². The predicted molar refractivity (Wildman–Crippen MR) is 129 cm³/mol. The minimum atomic E-state index is -0.172. The van der Waals surface area contributed by atoms with Crippen LogP contribution in [-0.4, -0.2) is 28.5 Å². The maximum Gasteiger partial charge on any atom is 0.267 e. The lowest BCUT2D eigenvalue weighted by molar-refractivity contribution is 0.0951. The number of amides is 1. The molecule has 1 fully saturated rings. The largest absolute Gasteiger partial charge is 0.347 e. The summed E-state index contributed by atoms with van der Waals surface area (Å²) in [5, 5.41) is 5.44. The Morgan fingerprint density at radius 2 is 1.81 bits per heavy atom. The van der Waals surface area contributed by atoms with Crippen LogP contribution in [0.5, 0.6) is 0 Å². The molecule has 2 aromatic heterocycles. The number of hydrogen-bond acceptors (Lipinski definition) is 5. The van der Waals surface area contributed by atoms with E-state index in [0.29, 0.717) is 29.0 Å². The van der Waals surface area contributed by atoms with Crippen LogP contribution in [0.3, 0.4) is 0 Å². The Kier molecular flexibility index (Phi) is 5.73. The monoisotopic (exact) mass is 444 g/mol. The first kappa shape index (κ1) is 20.5. The molecule has 0 bridgehead atoms. The zero-order valence-electron chi connectivity index (χ0n) is 17.7. The van der Waals surface area contributed by atoms with Gasteiger partial charge in [-0.3, -0.25) is 9.59 Å². The normalized spacial score (nSPS) is 13.9. The van der Waals surface area contributed by atoms with Gasteiger partial charge in [-0.1, -0.05) is 24.3 Å². The summed E-state index contributed by atoms with van der Waals surface area (Å²) < 4.78 is 1.70. The van der Waals surface area contributed by atoms with Crippen molar-refractivity contribution in [1.82, 2.24) is 14.9 Å². The molecule has 1 aliphatic heterocycles. The number of para-hydroxylation sites is 1. The first-order valence-corrected chi connectivity index (χ1v) is 11.8. The third kappa shape index (κ3) is 4.03. The SMILES string of the molecule is O=C(NCc1cccs1)c1ccc2c(=O)n(-c3ccccc3)c(N3CCCCC3)nc2c1. The van der Waals surface area contributed by atoms with Crippen molar-refractivity contribution in [2.75, 3.05) is 18.0 Å². The fourth-order valence-corrected chi connectivity index (χ4v) is 4.76. The van der Waals surface area contributed by atoms with Crippen molar-refractivity contribution in [1.29, 1.82) is 0 Å². The molecule has 32 heavy (non-hydrogen) atoms. The third-order valence-corrected chi connectivity index (χ3v) is 6.65. The molecule has 2 aromatic carbocycles. The number of hydrogen-bond donors (Lipinski definition) is 1. The topological polar surface area (TPSA) is 67.2 Å². The molecule has 1 saturated heterocycles. The Morgan fingerprint density at radius 1 is 1.00 bits per heavy atom. The van der Waals surface area contributed by atoms with Gasteiger partial charge in [0, 0.05) is 23.5 Å². The fraction of sp³-hybridized carbons (Fsp3) is 0.240. The first-order valence-electron chi connectivity index (χ1n) is 10.9. The van der Waals surface area contributed by atoms with E-state index < -0.39 is 0 Å². The minimum Gasteiger partial charge on any atom is -0.347 e. The number of benzene rings is 2. The quantitative estimate of drug-likeness (QED) is 0.496. The van der Waals surface area contributed by atoms with E-state index in [1.54, 1.807) is 34.1 Å². The highest BCUT2D eigenvalue weighted by Crippen LogP contribution is 2.23. The van der Waals surface area contributed by atoms with E-state index in [-0.39, 0.29) is 11.5 Å². The highest BCUT2D eigenvalue weighted by molar-refractivity contribution is 7.09. The van der Waals surface area contributed by atoms with Gasteiger partial charge in [0.15, 0.2) is 0 Å². The molecule has 1 aliphatic rings. The lowest BCUT2D eigenvalue weighted by atomic mass is 10.1. The van der Waals surface area contributed by atoms with E-state index in [1.807, 2.05) is 47.8 Å². The lowest BCUT2D eigenvalue weighted by Gasteiger charge is -2.30. The predicted octanol–water partition coefficient (Wildman–Crippen LogP) is 4.37. The van der Waals surface area contributed by atoms with Gasteiger partial charge >= 0.3 is 0 Å². The average Bonchev–Trinajstić information content (AvgIpc) is 3.37. The summed E-state index contributed by atoms with van der Waals surface area (Å²) in [6.45, 7) is 2.22. The fourth-order valence-electron chi connectivity index (χ4n) is 4.11. The number of nitrogens with zero attached hydrogens (tertiary/aromatic N) is 3. The van der Waals surface area contributed by atoms with E-state index in [2.05, 4.69) is 10.2 Å². The second kappa shape index (κ2) is 8.96. The summed E-state index contributed by atoms with van der Waals surface area (Å²) in [4.78, 5) is 34.4. The van der Waals surface area contributed by atoms with Gasteiger partial charge < -0.3 is 10.2 Å². The molecule has 0 radical (unpaired) electrons. The highest BCUT2D eigenvalue weighted by atomic mass is 32.1. The summed E-state index contributed by atoms with van der Waals surface area (Å²) in [6, 6.07) is 18.7. The molecular formula is C25H24N4O2S. The zero-order valence-corrected chi connectivity index (χ0v) is 18.5. The number of carbonyl (C=O) groups is 1. The molecule has 162 valence electrons. The molecule has 1 amide bonds. The number of anilines is 1. The van der Waals surface area contributed by atoms with E-state index in [9.17, 15) is 9.59 Å². The standard InChI is InChI=1S/C25H24N4O2S/c30-23(26-17-20-10-7-15-32-20)18-11-12-21-22(16-18)27-25(28-13-5-2-6-14-28)29(24(21)31)19-8-3-1-4-9-19/h1,3-4,7-12,15-16H,2,5-6,13-14,17H2,(H,26,30). The lowest BCUT2D eigenvalue weighted by Crippen LogP contribution is -2.36. The second-order valence-corrected chi connectivity index (χ2v) is 8.96. The smallest absolute Gasteiger partial charge is 0.267 e. The summed E-state index contributed by atoms with van der Waals surface area (Å²) in [5.74, 6) is 0.471.